The molecule has 0 aromatic heterocycles. The Hall–Kier alpha value is -3.24. The van der Waals surface area contributed by atoms with E-state index in [2.05, 4.69) is 62.6 Å². The first kappa shape index (κ1) is 23.9. The van der Waals surface area contributed by atoms with Crippen molar-refractivity contribution in [1.29, 1.82) is 5.26 Å². The highest BCUT2D eigenvalue weighted by Crippen LogP contribution is 2.52. The summed E-state index contributed by atoms with van der Waals surface area (Å²) in [7, 11) is 0. The van der Waals surface area contributed by atoms with Crippen molar-refractivity contribution in [2.75, 3.05) is 11.4 Å². The SMILES string of the molecule is [C-]#[N+]C(C#N)=C1C=C(C=Cc2cc3c4c(c2)C(C)(C)CCN4C(C)(C)CC3C)OC(C(C)C)=C1. The zero-order chi connectivity index (χ0) is 24.8. The van der Waals surface area contributed by atoms with Crippen LogP contribution < -0.4 is 4.90 Å². The molecule has 4 nitrogen and oxygen atoms in total. The smallest absolute Gasteiger partial charge is 0.269 e. The number of hydrogen-bond acceptors (Lipinski definition) is 3. The maximum Gasteiger partial charge on any atom is 0.269 e. The molecule has 0 amide bonds. The summed E-state index contributed by atoms with van der Waals surface area (Å²) in [5, 5.41) is 9.36. The Morgan fingerprint density at radius 3 is 2.62 bits per heavy atom. The molecule has 34 heavy (non-hydrogen) atoms. The fraction of sp³-hybridized carbons (Fsp3) is 0.467. The van der Waals surface area contributed by atoms with Gasteiger partial charge < -0.3 is 9.64 Å². The lowest BCUT2D eigenvalue weighted by Gasteiger charge is -2.53. The van der Waals surface area contributed by atoms with E-state index in [0.717, 1.165) is 30.7 Å². The zero-order valence-electron chi connectivity index (χ0n) is 21.5. The van der Waals surface area contributed by atoms with Gasteiger partial charge in [0.15, 0.2) is 0 Å². The Morgan fingerprint density at radius 2 is 1.97 bits per heavy atom. The van der Waals surface area contributed by atoms with Crippen molar-refractivity contribution >= 4 is 11.8 Å². The second kappa shape index (κ2) is 8.52. The van der Waals surface area contributed by atoms with E-state index >= 15 is 0 Å². The van der Waals surface area contributed by atoms with E-state index in [1.54, 1.807) is 6.08 Å². The minimum atomic E-state index is 0.0869. The van der Waals surface area contributed by atoms with Gasteiger partial charge in [-0.1, -0.05) is 40.7 Å². The lowest BCUT2D eigenvalue weighted by Crippen LogP contribution is -2.53. The topological polar surface area (TPSA) is 40.6 Å². The van der Waals surface area contributed by atoms with Gasteiger partial charge in [-0.15, -0.1) is 0 Å². The highest BCUT2D eigenvalue weighted by molar-refractivity contribution is 5.72. The van der Waals surface area contributed by atoms with Crippen LogP contribution in [-0.2, 0) is 10.2 Å². The van der Waals surface area contributed by atoms with Crippen LogP contribution in [0.15, 0.2) is 53.1 Å². The molecule has 0 radical (unpaired) electrons. The normalized spacial score (nSPS) is 23.9. The van der Waals surface area contributed by atoms with Gasteiger partial charge in [-0.05, 0) is 90.6 Å². The first-order valence-electron chi connectivity index (χ1n) is 12.2. The molecule has 1 aromatic carbocycles. The Bertz CT molecular complexity index is 1210. The summed E-state index contributed by atoms with van der Waals surface area (Å²) in [6.45, 7) is 24.3. The van der Waals surface area contributed by atoms with E-state index in [1.807, 2.05) is 32.1 Å². The first-order valence-corrected chi connectivity index (χ1v) is 12.2. The Kier molecular flexibility index (Phi) is 5.99. The summed E-state index contributed by atoms with van der Waals surface area (Å²) in [4.78, 5) is 6.02. The molecule has 0 aliphatic carbocycles. The molecule has 1 aromatic rings. The standard InChI is InChI=1S/C30H35N3O/c1-19(2)27-16-22(26(18-31)32-8)15-23(34-27)10-9-21-13-24-20(3)17-30(6,7)33-12-11-29(4,5)25(14-21)28(24)33/h9-10,13-16,19-20H,11-12,17H2,1-7H3. The van der Waals surface area contributed by atoms with Crippen LogP contribution in [0.25, 0.3) is 10.9 Å². The summed E-state index contributed by atoms with van der Waals surface area (Å²) in [5.74, 6) is 2.07. The fourth-order valence-corrected chi connectivity index (χ4v) is 5.56. The number of ether oxygens (including phenoxy) is 1. The van der Waals surface area contributed by atoms with Crippen molar-refractivity contribution < 1.29 is 4.74 Å². The van der Waals surface area contributed by atoms with Crippen LogP contribution in [0.5, 0.6) is 0 Å². The highest BCUT2D eigenvalue weighted by atomic mass is 16.5. The lowest BCUT2D eigenvalue weighted by molar-refractivity contribution is 0.275. The third-order valence-electron chi connectivity index (χ3n) is 7.52. The second-order valence-electron chi connectivity index (χ2n) is 11.4. The fourth-order valence-electron chi connectivity index (χ4n) is 5.56. The molecule has 0 fully saturated rings. The molecular weight excluding hydrogens is 418 g/mol. The minimum Gasteiger partial charge on any atom is -0.462 e. The summed E-state index contributed by atoms with van der Waals surface area (Å²) in [6.07, 6.45) is 9.96. The highest BCUT2D eigenvalue weighted by Gasteiger charge is 2.43. The van der Waals surface area contributed by atoms with Gasteiger partial charge >= 0.3 is 0 Å². The third-order valence-corrected chi connectivity index (χ3v) is 7.52. The molecule has 0 saturated heterocycles. The van der Waals surface area contributed by atoms with Crippen molar-refractivity contribution in [1.82, 2.24) is 0 Å². The van der Waals surface area contributed by atoms with E-state index in [9.17, 15) is 5.26 Å². The number of hydrogen-bond donors (Lipinski definition) is 0. The molecule has 3 heterocycles. The van der Waals surface area contributed by atoms with Gasteiger partial charge in [-0.2, -0.15) is 0 Å². The van der Waals surface area contributed by atoms with Gasteiger partial charge in [0.1, 0.15) is 11.5 Å². The third kappa shape index (κ3) is 4.19. The van der Waals surface area contributed by atoms with Gasteiger partial charge in [0.05, 0.1) is 12.6 Å². The number of nitriles is 1. The Morgan fingerprint density at radius 1 is 1.24 bits per heavy atom. The largest absolute Gasteiger partial charge is 0.462 e. The van der Waals surface area contributed by atoms with E-state index < -0.39 is 0 Å². The quantitative estimate of drug-likeness (QED) is 0.349. The van der Waals surface area contributed by atoms with E-state index in [1.165, 1.54) is 16.8 Å². The maximum atomic E-state index is 9.36. The molecule has 176 valence electrons. The molecule has 0 N–H and O–H groups in total. The van der Waals surface area contributed by atoms with Gasteiger partial charge in [-0.3, -0.25) is 0 Å². The molecule has 1 unspecified atom stereocenters. The zero-order valence-corrected chi connectivity index (χ0v) is 21.5. The van der Waals surface area contributed by atoms with Crippen molar-refractivity contribution in [2.45, 2.75) is 78.2 Å². The summed E-state index contributed by atoms with van der Waals surface area (Å²) < 4.78 is 6.11. The number of allylic oxidation sites excluding steroid dienone is 6. The van der Waals surface area contributed by atoms with Gasteiger partial charge in [-0.25, -0.2) is 10.1 Å². The molecular formula is C30H35N3O. The van der Waals surface area contributed by atoms with E-state index in [0.29, 0.717) is 17.3 Å². The molecule has 4 heteroatoms. The van der Waals surface area contributed by atoms with Crippen molar-refractivity contribution in [3.05, 3.63) is 81.3 Å². The van der Waals surface area contributed by atoms with Crippen LogP contribution in [0, 0.1) is 23.8 Å². The van der Waals surface area contributed by atoms with E-state index in [-0.39, 0.29) is 22.6 Å². The molecule has 1 atom stereocenters. The van der Waals surface area contributed by atoms with Crippen molar-refractivity contribution in [2.24, 2.45) is 5.92 Å². The number of rotatable bonds is 3. The van der Waals surface area contributed by atoms with Crippen LogP contribution in [0.2, 0.25) is 0 Å². The number of nitrogens with zero attached hydrogens (tertiary/aromatic N) is 3. The molecule has 3 aliphatic heterocycles. The Balaban J connectivity index is 1.77. The minimum absolute atomic E-state index is 0.0869. The van der Waals surface area contributed by atoms with Crippen LogP contribution in [-0.4, -0.2) is 12.1 Å². The van der Waals surface area contributed by atoms with Crippen LogP contribution in [0.4, 0.5) is 5.69 Å². The van der Waals surface area contributed by atoms with Crippen molar-refractivity contribution in [3.63, 3.8) is 0 Å². The molecule has 0 spiro atoms. The number of anilines is 1. The molecule has 0 bridgehead atoms. The first-order chi connectivity index (χ1) is 16.0. The number of benzene rings is 1. The van der Waals surface area contributed by atoms with Crippen molar-refractivity contribution in [3.8, 4) is 6.07 Å². The summed E-state index contributed by atoms with van der Waals surface area (Å²) in [5.41, 5.74) is 6.46. The van der Waals surface area contributed by atoms with Gasteiger partial charge in [0, 0.05) is 23.7 Å². The average Bonchev–Trinajstić information content (AvgIpc) is 2.77. The van der Waals surface area contributed by atoms with Gasteiger partial charge in [0.25, 0.3) is 5.70 Å². The van der Waals surface area contributed by atoms with Gasteiger partial charge in [0.2, 0.25) is 0 Å². The predicted molar refractivity (Wildman–Crippen MR) is 139 cm³/mol. The predicted octanol–water partition coefficient (Wildman–Crippen LogP) is 7.62. The summed E-state index contributed by atoms with van der Waals surface area (Å²) >= 11 is 0. The molecule has 4 rings (SSSR count). The summed E-state index contributed by atoms with van der Waals surface area (Å²) in [6, 6.07) is 6.69. The Labute approximate surface area is 204 Å². The average molecular weight is 454 g/mol. The molecule has 3 aliphatic rings. The van der Waals surface area contributed by atoms with E-state index in [4.69, 9.17) is 11.3 Å². The van der Waals surface area contributed by atoms with Crippen LogP contribution in [0.3, 0.4) is 0 Å². The van der Waals surface area contributed by atoms with Crippen LogP contribution in [0.1, 0.15) is 83.9 Å². The monoisotopic (exact) mass is 453 g/mol. The second-order valence-corrected chi connectivity index (χ2v) is 11.4. The lowest BCUT2D eigenvalue weighted by atomic mass is 9.69. The van der Waals surface area contributed by atoms with Crippen LogP contribution >= 0.6 is 0 Å². The molecule has 0 saturated carbocycles. The maximum absolute atomic E-state index is 9.36.